The van der Waals surface area contributed by atoms with Crippen LogP contribution in [0.15, 0.2) is 24.3 Å². The zero-order valence-corrected chi connectivity index (χ0v) is 14.4. The lowest BCUT2D eigenvalue weighted by Gasteiger charge is -2.34. The highest BCUT2D eigenvalue weighted by Crippen LogP contribution is 2.16. The molecule has 0 bridgehead atoms. The van der Waals surface area contributed by atoms with Crippen molar-refractivity contribution in [2.24, 2.45) is 0 Å². The largest absolute Gasteiger partial charge is 0.508 e. The summed E-state index contributed by atoms with van der Waals surface area (Å²) in [5.41, 5.74) is 0.895. The van der Waals surface area contributed by atoms with Crippen LogP contribution in [0, 0.1) is 0 Å². The Hall–Kier alpha value is -1.79. The minimum atomic E-state index is -0.115. The molecule has 1 saturated heterocycles. The Morgan fingerprint density at radius 2 is 2.25 bits per heavy atom. The van der Waals surface area contributed by atoms with Crippen LogP contribution in [0.5, 0.6) is 5.75 Å². The molecule has 24 heavy (non-hydrogen) atoms. The number of likely N-dealkylation sites (tertiary alicyclic amines) is 1. The number of nitrogens with zero attached hydrogens (tertiary/aromatic N) is 2. The van der Waals surface area contributed by atoms with Gasteiger partial charge >= 0.3 is 6.03 Å². The van der Waals surface area contributed by atoms with Crippen LogP contribution >= 0.6 is 0 Å². The van der Waals surface area contributed by atoms with Crippen molar-refractivity contribution < 1.29 is 15.0 Å². The highest BCUT2D eigenvalue weighted by molar-refractivity contribution is 5.73. The number of aliphatic hydroxyl groups excluding tert-OH is 1. The molecule has 0 aliphatic carbocycles. The SMILES string of the molecule is CN(Cc1cccc(O)c1)C(=O)NCCCN1CCCC[C@H]1CO. The van der Waals surface area contributed by atoms with E-state index < -0.39 is 0 Å². The molecular weight excluding hydrogens is 306 g/mol. The second-order valence-corrected chi connectivity index (χ2v) is 6.48. The van der Waals surface area contributed by atoms with Gasteiger partial charge in [0.15, 0.2) is 0 Å². The number of aliphatic hydroxyl groups is 1. The Balaban J connectivity index is 1.67. The van der Waals surface area contributed by atoms with Gasteiger partial charge in [0.2, 0.25) is 0 Å². The minimum Gasteiger partial charge on any atom is -0.508 e. The van der Waals surface area contributed by atoms with Gasteiger partial charge < -0.3 is 20.4 Å². The molecule has 2 rings (SSSR count). The molecule has 134 valence electrons. The molecule has 0 aromatic heterocycles. The van der Waals surface area contributed by atoms with E-state index in [9.17, 15) is 15.0 Å². The quantitative estimate of drug-likeness (QED) is 0.664. The number of amides is 2. The molecule has 1 aromatic rings. The van der Waals surface area contributed by atoms with E-state index in [1.807, 2.05) is 6.07 Å². The number of aromatic hydroxyl groups is 1. The highest BCUT2D eigenvalue weighted by atomic mass is 16.3. The summed E-state index contributed by atoms with van der Waals surface area (Å²) in [5.74, 6) is 0.210. The number of piperidine rings is 1. The first kappa shape index (κ1) is 18.5. The number of phenols is 1. The van der Waals surface area contributed by atoms with Crippen molar-refractivity contribution >= 4 is 6.03 Å². The Bertz CT molecular complexity index is 524. The van der Waals surface area contributed by atoms with E-state index in [-0.39, 0.29) is 24.4 Å². The molecule has 1 atom stereocenters. The molecule has 1 aromatic carbocycles. The molecule has 1 heterocycles. The maximum atomic E-state index is 12.1. The van der Waals surface area contributed by atoms with Crippen molar-refractivity contribution in [1.82, 2.24) is 15.1 Å². The van der Waals surface area contributed by atoms with Gasteiger partial charge in [-0.2, -0.15) is 0 Å². The van der Waals surface area contributed by atoms with Crippen molar-refractivity contribution in [2.45, 2.75) is 38.3 Å². The van der Waals surface area contributed by atoms with E-state index >= 15 is 0 Å². The summed E-state index contributed by atoms with van der Waals surface area (Å²) in [6.45, 7) is 3.24. The molecule has 0 saturated carbocycles. The van der Waals surface area contributed by atoms with Crippen LogP contribution in [0.4, 0.5) is 4.79 Å². The molecule has 1 aliphatic heterocycles. The molecule has 1 aliphatic rings. The second-order valence-electron chi connectivity index (χ2n) is 6.48. The van der Waals surface area contributed by atoms with E-state index in [4.69, 9.17) is 0 Å². The molecule has 2 amide bonds. The van der Waals surface area contributed by atoms with Gasteiger partial charge in [-0.3, -0.25) is 4.90 Å². The molecule has 0 radical (unpaired) electrons. The fourth-order valence-electron chi connectivity index (χ4n) is 3.17. The Morgan fingerprint density at radius 3 is 3.00 bits per heavy atom. The summed E-state index contributed by atoms with van der Waals surface area (Å²) in [6, 6.07) is 7.10. The van der Waals surface area contributed by atoms with E-state index in [1.165, 1.54) is 12.8 Å². The third kappa shape index (κ3) is 5.69. The lowest BCUT2D eigenvalue weighted by molar-refractivity contribution is 0.0893. The maximum absolute atomic E-state index is 12.1. The lowest BCUT2D eigenvalue weighted by atomic mass is 10.0. The van der Waals surface area contributed by atoms with Gasteiger partial charge in [-0.1, -0.05) is 18.6 Å². The highest BCUT2D eigenvalue weighted by Gasteiger charge is 2.20. The Morgan fingerprint density at radius 1 is 1.42 bits per heavy atom. The predicted molar refractivity (Wildman–Crippen MR) is 93.9 cm³/mol. The number of carbonyl (C=O) groups excluding carboxylic acids is 1. The van der Waals surface area contributed by atoms with Gasteiger partial charge in [-0.25, -0.2) is 4.79 Å². The summed E-state index contributed by atoms with van der Waals surface area (Å²) < 4.78 is 0. The topological polar surface area (TPSA) is 76.0 Å². The molecule has 6 nitrogen and oxygen atoms in total. The smallest absolute Gasteiger partial charge is 0.317 e. The summed E-state index contributed by atoms with van der Waals surface area (Å²) in [6.07, 6.45) is 4.32. The Kier molecular flexibility index (Phi) is 7.34. The van der Waals surface area contributed by atoms with Gasteiger partial charge in [0.1, 0.15) is 5.75 Å². The average molecular weight is 335 g/mol. The van der Waals surface area contributed by atoms with E-state index in [2.05, 4.69) is 10.2 Å². The Labute approximate surface area is 144 Å². The number of nitrogens with one attached hydrogen (secondary N) is 1. The van der Waals surface area contributed by atoms with Crippen molar-refractivity contribution in [3.63, 3.8) is 0 Å². The molecule has 6 heteroatoms. The molecule has 1 fully saturated rings. The lowest BCUT2D eigenvalue weighted by Crippen LogP contribution is -2.43. The standard InChI is InChI=1S/C18H29N3O3/c1-20(13-15-6-4-8-17(23)12-15)18(24)19-9-5-11-21-10-3-2-7-16(21)14-22/h4,6,8,12,16,22-23H,2-3,5,7,9-11,13-14H2,1H3,(H,19,24)/t16-/m0/s1. The van der Waals surface area contributed by atoms with Crippen LogP contribution in [0.25, 0.3) is 0 Å². The first-order valence-corrected chi connectivity index (χ1v) is 8.72. The average Bonchev–Trinajstić information content (AvgIpc) is 2.58. The summed E-state index contributed by atoms with van der Waals surface area (Å²) in [5, 5.41) is 21.8. The van der Waals surface area contributed by atoms with E-state index in [0.29, 0.717) is 13.1 Å². The van der Waals surface area contributed by atoms with Gasteiger partial charge in [-0.15, -0.1) is 0 Å². The fourth-order valence-corrected chi connectivity index (χ4v) is 3.17. The van der Waals surface area contributed by atoms with Gasteiger partial charge in [0.25, 0.3) is 0 Å². The van der Waals surface area contributed by atoms with Crippen molar-refractivity contribution in [2.75, 3.05) is 33.3 Å². The summed E-state index contributed by atoms with van der Waals surface area (Å²) in [7, 11) is 1.74. The maximum Gasteiger partial charge on any atom is 0.317 e. The number of phenolic OH excluding ortho intramolecular Hbond substituents is 1. The fraction of sp³-hybridized carbons (Fsp3) is 0.611. The zero-order chi connectivity index (χ0) is 17.4. The van der Waals surface area contributed by atoms with Gasteiger partial charge in [-0.05, 0) is 43.5 Å². The normalized spacial score (nSPS) is 18.3. The van der Waals surface area contributed by atoms with Crippen molar-refractivity contribution in [3.05, 3.63) is 29.8 Å². The minimum absolute atomic E-state index is 0.115. The summed E-state index contributed by atoms with van der Waals surface area (Å²) >= 11 is 0. The van der Waals surface area contributed by atoms with Crippen LogP contribution in [0.1, 0.15) is 31.2 Å². The van der Waals surface area contributed by atoms with E-state index in [1.54, 1.807) is 30.1 Å². The number of hydrogen-bond acceptors (Lipinski definition) is 4. The van der Waals surface area contributed by atoms with Crippen LogP contribution in [0.3, 0.4) is 0 Å². The first-order valence-electron chi connectivity index (χ1n) is 8.72. The van der Waals surface area contributed by atoms with Crippen LogP contribution < -0.4 is 5.32 Å². The van der Waals surface area contributed by atoms with Crippen molar-refractivity contribution in [1.29, 1.82) is 0 Å². The number of benzene rings is 1. The molecule has 3 N–H and O–H groups in total. The van der Waals surface area contributed by atoms with E-state index in [0.717, 1.165) is 31.5 Å². The zero-order valence-electron chi connectivity index (χ0n) is 14.4. The molecular formula is C18H29N3O3. The second kappa shape index (κ2) is 9.49. The molecule has 0 unspecified atom stereocenters. The van der Waals surface area contributed by atoms with Gasteiger partial charge in [0.05, 0.1) is 6.61 Å². The van der Waals surface area contributed by atoms with Crippen molar-refractivity contribution in [3.8, 4) is 5.75 Å². The molecule has 0 spiro atoms. The summed E-state index contributed by atoms with van der Waals surface area (Å²) in [4.78, 5) is 16.0. The van der Waals surface area contributed by atoms with Crippen LogP contribution in [0.2, 0.25) is 0 Å². The number of urea groups is 1. The number of hydrogen-bond donors (Lipinski definition) is 3. The number of rotatable bonds is 7. The number of carbonyl (C=O) groups is 1. The van der Waals surface area contributed by atoms with Gasteiger partial charge in [0, 0.05) is 32.7 Å². The van der Waals surface area contributed by atoms with Crippen LogP contribution in [-0.2, 0) is 6.54 Å². The van der Waals surface area contributed by atoms with Crippen LogP contribution in [-0.4, -0.2) is 65.4 Å². The third-order valence-electron chi connectivity index (χ3n) is 4.54. The third-order valence-corrected chi connectivity index (χ3v) is 4.54. The monoisotopic (exact) mass is 335 g/mol. The predicted octanol–water partition coefficient (Wildman–Crippen LogP) is 1.77. The first-order chi connectivity index (χ1) is 11.6.